The third kappa shape index (κ3) is 2.08. The summed E-state index contributed by atoms with van der Waals surface area (Å²) in [7, 11) is 0. The van der Waals surface area contributed by atoms with E-state index in [1.165, 1.54) is 6.07 Å². The molecule has 5 heteroatoms. The zero-order valence-electron chi connectivity index (χ0n) is 9.94. The minimum atomic E-state index is -1.01. The summed E-state index contributed by atoms with van der Waals surface area (Å²) in [5, 5.41) is 16.0. The van der Waals surface area contributed by atoms with Gasteiger partial charge in [0.1, 0.15) is 17.0 Å². The summed E-state index contributed by atoms with van der Waals surface area (Å²) in [5.41, 5.74) is 1.62. The van der Waals surface area contributed by atoms with Crippen molar-refractivity contribution >= 4 is 5.97 Å². The van der Waals surface area contributed by atoms with Gasteiger partial charge < -0.3 is 9.52 Å². The first-order valence-corrected chi connectivity index (χ1v) is 5.38. The van der Waals surface area contributed by atoms with Gasteiger partial charge in [-0.05, 0) is 25.0 Å². The number of hydrogen-bond donors (Lipinski definition) is 2. The molecule has 0 aliphatic carbocycles. The van der Waals surface area contributed by atoms with E-state index in [0.29, 0.717) is 23.1 Å². The third-order valence-electron chi connectivity index (χ3n) is 2.54. The Labute approximate surface area is 98.5 Å². The topological polar surface area (TPSA) is 79.1 Å². The number of H-pyrrole nitrogens is 1. The lowest BCUT2D eigenvalue weighted by molar-refractivity contribution is 0.0697. The van der Waals surface area contributed by atoms with Crippen LogP contribution in [0.3, 0.4) is 0 Å². The van der Waals surface area contributed by atoms with Crippen LogP contribution >= 0.6 is 0 Å². The molecule has 0 saturated carbocycles. The van der Waals surface area contributed by atoms with E-state index in [4.69, 9.17) is 9.52 Å². The standard InChI is InChI=1S/C12H14N2O3/c1-6(2)9-5-10(14-13-9)11-8(12(15)16)4-7(3)17-11/h4-6H,1-3H3,(H,13,14)(H,15,16). The second kappa shape index (κ2) is 4.08. The molecule has 0 atom stereocenters. The van der Waals surface area contributed by atoms with Gasteiger partial charge in [0.05, 0.1) is 0 Å². The largest absolute Gasteiger partial charge is 0.478 e. The van der Waals surface area contributed by atoms with Crippen molar-refractivity contribution in [1.82, 2.24) is 10.2 Å². The Kier molecular flexibility index (Phi) is 2.75. The summed E-state index contributed by atoms with van der Waals surface area (Å²) >= 11 is 0. The molecule has 0 radical (unpaired) electrons. The maximum atomic E-state index is 11.1. The molecule has 0 amide bonds. The molecule has 17 heavy (non-hydrogen) atoms. The van der Waals surface area contributed by atoms with Crippen LogP contribution in [-0.4, -0.2) is 21.3 Å². The van der Waals surface area contributed by atoms with Crippen molar-refractivity contribution < 1.29 is 14.3 Å². The first-order valence-electron chi connectivity index (χ1n) is 5.38. The second-order valence-electron chi connectivity index (χ2n) is 4.27. The monoisotopic (exact) mass is 234 g/mol. The average molecular weight is 234 g/mol. The van der Waals surface area contributed by atoms with Crippen molar-refractivity contribution in [2.24, 2.45) is 0 Å². The highest BCUT2D eigenvalue weighted by atomic mass is 16.4. The number of aryl methyl sites for hydroxylation is 1. The van der Waals surface area contributed by atoms with Crippen LogP contribution in [0.1, 0.15) is 41.6 Å². The number of nitrogens with one attached hydrogen (secondary N) is 1. The maximum absolute atomic E-state index is 11.1. The SMILES string of the molecule is Cc1cc(C(=O)O)c(-c2cc(C(C)C)[nH]n2)o1. The fourth-order valence-electron chi connectivity index (χ4n) is 1.61. The lowest BCUT2D eigenvalue weighted by atomic mass is 10.1. The molecule has 2 N–H and O–H groups in total. The molecule has 2 heterocycles. The van der Waals surface area contributed by atoms with Gasteiger partial charge in [-0.15, -0.1) is 0 Å². The lowest BCUT2D eigenvalue weighted by Gasteiger charge is -1.96. The van der Waals surface area contributed by atoms with E-state index in [2.05, 4.69) is 10.2 Å². The van der Waals surface area contributed by atoms with E-state index in [0.717, 1.165) is 5.69 Å². The molecule has 2 rings (SSSR count). The normalized spacial score (nSPS) is 11.1. The number of aromatic nitrogens is 2. The zero-order chi connectivity index (χ0) is 12.6. The molecule has 0 aliphatic rings. The van der Waals surface area contributed by atoms with Crippen LogP contribution in [0.2, 0.25) is 0 Å². The van der Waals surface area contributed by atoms with E-state index in [1.807, 2.05) is 19.9 Å². The van der Waals surface area contributed by atoms with Crippen LogP contribution in [-0.2, 0) is 0 Å². The Morgan fingerprint density at radius 1 is 1.47 bits per heavy atom. The van der Waals surface area contributed by atoms with Crippen LogP contribution in [0.25, 0.3) is 11.5 Å². The van der Waals surface area contributed by atoms with E-state index >= 15 is 0 Å². The van der Waals surface area contributed by atoms with Crippen molar-refractivity contribution in [1.29, 1.82) is 0 Å². The van der Waals surface area contributed by atoms with Gasteiger partial charge in [0.15, 0.2) is 5.76 Å². The van der Waals surface area contributed by atoms with E-state index in [9.17, 15) is 4.79 Å². The van der Waals surface area contributed by atoms with Gasteiger partial charge in [-0.1, -0.05) is 13.8 Å². The van der Waals surface area contributed by atoms with Crippen molar-refractivity contribution in [3.63, 3.8) is 0 Å². The van der Waals surface area contributed by atoms with Crippen molar-refractivity contribution in [2.75, 3.05) is 0 Å². The van der Waals surface area contributed by atoms with Crippen LogP contribution in [0.15, 0.2) is 16.5 Å². The van der Waals surface area contributed by atoms with E-state index in [-0.39, 0.29) is 5.56 Å². The van der Waals surface area contributed by atoms with Gasteiger partial charge in [-0.3, -0.25) is 5.10 Å². The summed E-state index contributed by atoms with van der Waals surface area (Å²) in [6.45, 7) is 5.78. The first kappa shape index (κ1) is 11.4. The van der Waals surface area contributed by atoms with E-state index < -0.39 is 5.97 Å². The predicted molar refractivity (Wildman–Crippen MR) is 62.1 cm³/mol. The molecule has 0 unspecified atom stereocenters. The number of furan rings is 1. The number of carboxylic acids is 1. The highest BCUT2D eigenvalue weighted by Gasteiger charge is 2.19. The molecule has 0 fully saturated rings. The Hall–Kier alpha value is -2.04. The lowest BCUT2D eigenvalue weighted by Crippen LogP contribution is -1.95. The number of carbonyl (C=O) groups is 1. The van der Waals surface area contributed by atoms with Crippen LogP contribution in [0, 0.1) is 6.92 Å². The molecule has 2 aromatic heterocycles. The quantitative estimate of drug-likeness (QED) is 0.855. The number of rotatable bonds is 3. The van der Waals surface area contributed by atoms with Crippen molar-refractivity contribution in [3.8, 4) is 11.5 Å². The van der Waals surface area contributed by atoms with Gasteiger partial charge in [-0.2, -0.15) is 5.10 Å². The molecular formula is C12H14N2O3. The zero-order valence-corrected chi connectivity index (χ0v) is 9.94. The Bertz CT molecular complexity index is 552. The highest BCUT2D eigenvalue weighted by molar-refractivity contribution is 5.94. The van der Waals surface area contributed by atoms with Gasteiger partial charge in [0, 0.05) is 5.69 Å². The minimum absolute atomic E-state index is 0.143. The summed E-state index contributed by atoms with van der Waals surface area (Å²) in [5.74, 6) is 0.163. The molecule has 2 aromatic rings. The highest BCUT2D eigenvalue weighted by Crippen LogP contribution is 2.27. The van der Waals surface area contributed by atoms with Crippen LogP contribution in [0.5, 0.6) is 0 Å². The molecular weight excluding hydrogens is 220 g/mol. The summed E-state index contributed by atoms with van der Waals surface area (Å²) < 4.78 is 5.39. The molecule has 0 bridgehead atoms. The van der Waals surface area contributed by atoms with Gasteiger partial charge in [0.2, 0.25) is 0 Å². The van der Waals surface area contributed by atoms with Crippen LogP contribution < -0.4 is 0 Å². The predicted octanol–water partition coefficient (Wildman–Crippen LogP) is 2.80. The number of aromatic amines is 1. The van der Waals surface area contributed by atoms with Crippen molar-refractivity contribution in [3.05, 3.63) is 29.2 Å². The Balaban J connectivity index is 2.48. The van der Waals surface area contributed by atoms with Crippen molar-refractivity contribution in [2.45, 2.75) is 26.7 Å². The van der Waals surface area contributed by atoms with Crippen LogP contribution in [0.4, 0.5) is 0 Å². The van der Waals surface area contributed by atoms with Gasteiger partial charge >= 0.3 is 5.97 Å². The fourth-order valence-corrected chi connectivity index (χ4v) is 1.61. The molecule has 0 saturated heterocycles. The third-order valence-corrected chi connectivity index (χ3v) is 2.54. The van der Waals surface area contributed by atoms with Gasteiger partial charge in [0.25, 0.3) is 0 Å². The first-order chi connectivity index (χ1) is 7.99. The Morgan fingerprint density at radius 3 is 2.71 bits per heavy atom. The molecule has 5 nitrogen and oxygen atoms in total. The number of hydrogen-bond acceptors (Lipinski definition) is 3. The number of carboxylic acid groups (broad SMARTS) is 1. The summed E-state index contributed by atoms with van der Waals surface area (Å²) in [4.78, 5) is 11.1. The summed E-state index contributed by atoms with van der Waals surface area (Å²) in [6, 6.07) is 3.32. The second-order valence-corrected chi connectivity index (χ2v) is 4.27. The average Bonchev–Trinajstić information content (AvgIpc) is 2.82. The Morgan fingerprint density at radius 2 is 2.18 bits per heavy atom. The minimum Gasteiger partial charge on any atom is -0.478 e. The fraction of sp³-hybridized carbons (Fsp3) is 0.333. The van der Waals surface area contributed by atoms with E-state index in [1.54, 1.807) is 6.92 Å². The molecule has 0 spiro atoms. The molecule has 0 aromatic carbocycles. The number of nitrogens with zero attached hydrogens (tertiary/aromatic N) is 1. The molecule has 90 valence electrons. The smallest absolute Gasteiger partial charge is 0.339 e. The maximum Gasteiger partial charge on any atom is 0.339 e. The molecule has 0 aliphatic heterocycles. The summed E-state index contributed by atoms with van der Waals surface area (Å²) in [6.07, 6.45) is 0. The van der Waals surface area contributed by atoms with Gasteiger partial charge in [-0.25, -0.2) is 4.79 Å². The number of aromatic carboxylic acids is 1.